The number of fused-ring (bicyclic) bond motifs is 1. The summed E-state index contributed by atoms with van der Waals surface area (Å²) in [6.45, 7) is 3.95. The Bertz CT molecular complexity index is 1280. The summed E-state index contributed by atoms with van der Waals surface area (Å²) in [5.74, 6) is -2.12. The van der Waals surface area contributed by atoms with Crippen LogP contribution in [0.1, 0.15) is 54.2 Å². The van der Waals surface area contributed by atoms with Crippen molar-refractivity contribution < 1.29 is 33.4 Å². The number of esters is 2. The lowest BCUT2D eigenvalue weighted by Gasteiger charge is -2.18. The van der Waals surface area contributed by atoms with Crippen LogP contribution in [-0.4, -0.2) is 52.8 Å². The Kier molecular flexibility index (Phi) is 8.14. The highest BCUT2D eigenvalue weighted by Gasteiger charge is 2.22. The molecule has 8 nitrogen and oxygen atoms in total. The molecule has 0 saturated heterocycles. The van der Waals surface area contributed by atoms with E-state index >= 15 is 0 Å². The van der Waals surface area contributed by atoms with Crippen LogP contribution in [0.5, 0.6) is 0 Å². The average molecular weight is 483 g/mol. The summed E-state index contributed by atoms with van der Waals surface area (Å²) in [6, 6.07) is 9.13. The number of hydrogen-bond donors (Lipinski definition) is 1. The Morgan fingerprint density at radius 3 is 2.37 bits per heavy atom. The number of carbonyl (C=O) groups is 3. The highest BCUT2D eigenvalue weighted by Crippen LogP contribution is 2.34. The number of aromatic nitrogens is 2. The van der Waals surface area contributed by atoms with Crippen LogP contribution in [-0.2, 0) is 19.1 Å². The van der Waals surface area contributed by atoms with Crippen molar-refractivity contribution in [2.75, 3.05) is 14.2 Å². The lowest BCUT2D eigenvalue weighted by molar-refractivity contribution is -0.143. The SMILES string of the molecule is COC(=O)CC(=O)CC(O)/C=C/c1c(-c2ccc(F)cc2)nn2c(C(=O)OC)ccc2c1C(C)C. The number of benzene rings is 1. The van der Waals surface area contributed by atoms with Gasteiger partial charge in [-0.3, -0.25) is 9.59 Å². The maximum absolute atomic E-state index is 13.6. The van der Waals surface area contributed by atoms with Gasteiger partial charge in [-0.05, 0) is 47.9 Å². The Morgan fingerprint density at radius 1 is 1.09 bits per heavy atom. The van der Waals surface area contributed by atoms with Gasteiger partial charge >= 0.3 is 11.9 Å². The Morgan fingerprint density at radius 2 is 1.77 bits per heavy atom. The molecule has 3 aromatic rings. The van der Waals surface area contributed by atoms with Gasteiger partial charge in [-0.1, -0.05) is 26.0 Å². The lowest BCUT2D eigenvalue weighted by atomic mass is 9.93. The zero-order valence-electron chi connectivity index (χ0n) is 19.9. The predicted octanol–water partition coefficient (Wildman–Crippen LogP) is 3.95. The second kappa shape index (κ2) is 11.1. The van der Waals surface area contributed by atoms with Gasteiger partial charge in [0.05, 0.1) is 31.5 Å². The smallest absolute Gasteiger partial charge is 0.356 e. The second-order valence-electron chi connectivity index (χ2n) is 8.27. The summed E-state index contributed by atoms with van der Waals surface area (Å²) in [4.78, 5) is 35.6. The van der Waals surface area contributed by atoms with Crippen molar-refractivity contribution in [3.8, 4) is 11.3 Å². The molecule has 1 atom stereocenters. The maximum atomic E-state index is 13.6. The third-order valence-corrected chi connectivity index (χ3v) is 5.46. The van der Waals surface area contributed by atoms with E-state index in [1.165, 1.54) is 36.9 Å². The van der Waals surface area contributed by atoms with Crippen LogP contribution in [0.3, 0.4) is 0 Å². The van der Waals surface area contributed by atoms with Gasteiger partial charge in [-0.15, -0.1) is 0 Å². The monoisotopic (exact) mass is 482 g/mol. The van der Waals surface area contributed by atoms with Crippen LogP contribution in [0.4, 0.5) is 4.39 Å². The molecule has 0 saturated carbocycles. The summed E-state index contributed by atoms with van der Waals surface area (Å²) in [6.07, 6.45) is 1.27. The Hall–Kier alpha value is -3.85. The number of ether oxygens (including phenoxy) is 2. The molecule has 0 aliphatic carbocycles. The molecule has 2 aromatic heterocycles. The molecule has 35 heavy (non-hydrogen) atoms. The first kappa shape index (κ1) is 25.8. The zero-order valence-corrected chi connectivity index (χ0v) is 19.9. The minimum Gasteiger partial charge on any atom is -0.469 e. The minimum absolute atomic E-state index is 0.0298. The molecule has 2 heterocycles. The van der Waals surface area contributed by atoms with E-state index in [1.807, 2.05) is 13.8 Å². The van der Waals surface area contributed by atoms with Gasteiger partial charge in [0.25, 0.3) is 0 Å². The normalized spacial score (nSPS) is 12.3. The van der Waals surface area contributed by atoms with Gasteiger partial charge in [-0.25, -0.2) is 13.7 Å². The van der Waals surface area contributed by atoms with E-state index in [0.29, 0.717) is 22.3 Å². The van der Waals surface area contributed by atoms with Crippen LogP contribution in [0, 0.1) is 5.82 Å². The number of aliphatic hydroxyl groups is 1. The van der Waals surface area contributed by atoms with Crippen molar-refractivity contribution in [1.82, 2.24) is 9.61 Å². The van der Waals surface area contributed by atoms with Crippen LogP contribution in [0.2, 0.25) is 0 Å². The molecular weight excluding hydrogens is 455 g/mol. The number of carbonyl (C=O) groups excluding carboxylic acids is 3. The van der Waals surface area contributed by atoms with Crippen molar-refractivity contribution in [2.45, 2.75) is 38.7 Å². The number of aliphatic hydroxyl groups excluding tert-OH is 1. The van der Waals surface area contributed by atoms with Gasteiger partial charge in [0.1, 0.15) is 18.0 Å². The third kappa shape index (κ3) is 5.81. The fraction of sp³-hybridized carbons (Fsp3) is 0.308. The summed E-state index contributed by atoms with van der Waals surface area (Å²) in [5, 5.41) is 15.1. The summed E-state index contributed by atoms with van der Waals surface area (Å²) in [5.41, 5.74) is 3.42. The van der Waals surface area contributed by atoms with E-state index in [2.05, 4.69) is 9.84 Å². The lowest BCUT2D eigenvalue weighted by Crippen LogP contribution is -2.15. The van der Waals surface area contributed by atoms with Gasteiger partial charge in [0, 0.05) is 17.5 Å². The number of ketones is 1. The topological polar surface area (TPSA) is 107 Å². The number of hydrogen-bond acceptors (Lipinski definition) is 7. The molecule has 0 fully saturated rings. The minimum atomic E-state index is -1.15. The molecule has 0 radical (unpaired) electrons. The molecule has 0 aliphatic heterocycles. The van der Waals surface area contributed by atoms with E-state index in [-0.39, 0.29) is 18.0 Å². The number of methoxy groups -OCH3 is 2. The Labute approximate surface area is 202 Å². The maximum Gasteiger partial charge on any atom is 0.356 e. The predicted molar refractivity (Wildman–Crippen MR) is 127 cm³/mol. The molecule has 1 aromatic carbocycles. The standard InChI is InChI=1S/C26H27FN2O6/c1-15(2)24-20(10-9-18(30)13-19(31)14-23(32)34-3)25(16-5-7-17(27)8-6-16)28-29-21(24)11-12-22(29)26(33)35-4/h5-12,15,18,30H,13-14H2,1-4H3/b10-9+. The molecule has 0 aliphatic rings. The van der Waals surface area contributed by atoms with Crippen molar-refractivity contribution in [3.05, 3.63) is 65.1 Å². The first-order valence-corrected chi connectivity index (χ1v) is 11.0. The number of rotatable bonds is 9. The van der Waals surface area contributed by atoms with Crippen molar-refractivity contribution in [2.24, 2.45) is 0 Å². The molecule has 1 unspecified atom stereocenters. The van der Waals surface area contributed by atoms with E-state index in [0.717, 1.165) is 5.56 Å². The zero-order chi connectivity index (χ0) is 25.7. The van der Waals surface area contributed by atoms with Crippen molar-refractivity contribution >= 4 is 29.3 Å². The first-order valence-electron chi connectivity index (χ1n) is 11.0. The van der Waals surface area contributed by atoms with Crippen LogP contribution < -0.4 is 0 Å². The molecule has 3 rings (SSSR count). The highest BCUT2D eigenvalue weighted by atomic mass is 19.1. The molecule has 184 valence electrons. The molecule has 1 N–H and O–H groups in total. The number of Topliss-reactive ketones (excluding diaryl/α,β-unsaturated/α-hetero) is 1. The highest BCUT2D eigenvalue weighted by molar-refractivity contribution is 5.96. The van der Waals surface area contributed by atoms with E-state index < -0.39 is 36.1 Å². The molecule has 0 amide bonds. The van der Waals surface area contributed by atoms with E-state index in [4.69, 9.17) is 4.74 Å². The van der Waals surface area contributed by atoms with Crippen LogP contribution in [0.25, 0.3) is 22.9 Å². The quantitative estimate of drug-likeness (QED) is 0.364. The fourth-order valence-electron chi connectivity index (χ4n) is 3.83. The summed E-state index contributed by atoms with van der Waals surface area (Å²) in [7, 11) is 2.47. The van der Waals surface area contributed by atoms with Crippen molar-refractivity contribution in [1.29, 1.82) is 0 Å². The Balaban J connectivity index is 2.15. The second-order valence-corrected chi connectivity index (χ2v) is 8.27. The van der Waals surface area contributed by atoms with Gasteiger partial charge in [0.2, 0.25) is 0 Å². The fourth-order valence-corrected chi connectivity index (χ4v) is 3.83. The molecule has 0 spiro atoms. The van der Waals surface area contributed by atoms with Crippen molar-refractivity contribution in [3.63, 3.8) is 0 Å². The largest absolute Gasteiger partial charge is 0.469 e. The third-order valence-electron chi connectivity index (χ3n) is 5.46. The molecule has 9 heteroatoms. The van der Waals surface area contributed by atoms with Crippen LogP contribution >= 0.6 is 0 Å². The summed E-state index contributed by atoms with van der Waals surface area (Å²) >= 11 is 0. The first-order chi connectivity index (χ1) is 16.7. The number of nitrogens with zero attached hydrogens (tertiary/aromatic N) is 2. The molecular formula is C26H27FN2O6. The average Bonchev–Trinajstić information content (AvgIpc) is 3.24. The van der Waals surface area contributed by atoms with Gasteiger partial charge in [-0.2, -0.15) is 5.10 Å². The molecule has 0 bridgehead atoms. The van der Waals surface area contributed by atoms with Gasteiger partial charge in [0.15, 0.2) is 5.69 Å². The van der Waals surface area contributed by atoms with E-state index in [1.54, 1.807) is 30.3 Å². The number of halogens is 1. The van der Waals surface area contributed by atoms with Gasteiger partial charge < -0.3 is 14.6 Å². The van der Waals surface area contributed by atoms with Crippen LogP contribution in [0.15, 0.2) is 42.5 Å². The summed E-state index contributed by atoms with van der Waals surface area (Å²) < 4.78 is 24.5. The van der Waals surface area contributed by atoms with E-state index in [9.17, 15) is 23.9 Å².